The summed E-state index contributed by atoms with van der Waals surface area (Å²) in [6.07, 6.45) is 1.48. The summed E-state index contributed by atoms with van der Waals surface area (Å²) < 4.78 is 2.85. The van der Waals surface area contributed by atoms with Crippen LogP contribution in [0.2, 0.25) is 5.02 Å². The molecular formula is C26H26ClN3OS3. The van der Waals surface area contributed by atoms with E-state index in [1.807, 2.05) is 74.9 Å². The van der Waals surface area contributed by atoms with Crippen molar-refractivity contribution >= 4 is 62.6 Å². The summed E-state index contributed by atoms with van der Waals surface area (Å²) in [5.41, 5.74) is 2.88. The van der Waals surface area contributed by atoms with E-state index in [1.165, 1.54) is 4.88 Å². The summed E-state index contributed by atoms with van der Waals surface area (Å²) in [6, 6.07) is 19.6. The molecule has 0 amide bonds. The highest BCUT2D eigenvalue weighted by molar-refractivity contribution is 7.80. The first-order valence-electron chi connectivity index (χ1n) is 10.9. The van der Waals surface area contributed by atoms with E-state index in [4.69, 9.17) is 36.0 Å². The highest BCUT2D eigenvalue weighted by atomic mass is 35.5. The van der Waals surface area contributed by atoms with E-state index in [1.54, 1.807) is 11.3 Å². The zero-order valence-electron chi connectivity index (χ0n) is 19.0. The predicted molar refractivity (Wildman–Crippen MR) is 149 cm³/mol. The fourth-order valence-electron chi connectivity index (χ4n) is 3.84. The Morgan fingerprint density at radius 2 is 1.88 bits per heavy atom. The maximum absolute atomic E-state index is 10.6. The Hall–Kier alpha value is -2.13. The molecule has 0 aliphatic rings. The van der Waals surface area contributed by atoms with Crippen molar-refractivity contribution in [3.63, 3.8) is 0 Å². The van der Waals surface area contributed by atoms with E-state index in [2.05, 4.69) is 20.9 Å². The van der Waals surface area contributed by atoms with Crippen LogP contribution in [0.4, 0.5) is 0 Å². The molecule has 1 atom stereocenters. The Bertz CT molecular complexity index is 1350. The molecule has 0 saturated heterocycles. The van der Waals surface area contributed by atoms with Gasteiger partial charge >= 0.3 is 0 Å². The van der Waals surface area contributed by atoms with Crippen molar-refractivity contribution in [3.8, 4) is 0 Å². The standard InChI is InChI=1S/C26H26ClN3OS3/c1-29(16-23(31)18-6-4-3-5-7-18)14-20-12-21-24(32)22(15-30(2)26(21)34-20)25(33)28-13-17-8-10-19(27)11-9-17/h3-12,15,23,31H,13-14,16H2,1-2H3,(H,28,33). The van der Waals surface area contributed by atoms with Crippen molar-refractivity contribution in [2.75, 3.05) is 13.6 Å². The zero-order chi connectivity index (χ0) is 24.2. The fraction of sp³-hybridized carbons (Fsp3) is 0.231. The van der Waals surface area contributed by atoms with Gasteiger partial charge in [0.15, 0.2) is 0 Å². The van der Waals surface area contributed by atoms with Crippen LogP contribution in [0.3, 0.4) is 0 Å². The maximum Gasteiger partial charge on any atom is 0.109 e. The summed E-state index contributed by atoms with van der Waals surface area (Å²) in [4.78, 5) is 5.07. The van der Waals surface area contributed by atoms with Gasteiger partial charge in [-0.3, -0.25) is 4.90 Å². The van der Waals surface area contributed by atoms with Crippen molar-refractivity contribution in [2.45, 2.75) is 19.2 Å². The molecule has 2 N–H and O–H groups in total. The molecule has 0 fully saturated rings. The SMILES string of the molecule is CN(Cc1cc2c(=S)c(C(=S)NCc3ccc(Cl)cc3)cn(C)c2s1)CC(O)c1ccccc1. The minimum atomic E-state index is -0.526. The van der Waals surface area contributed by atoms with Crippen LogP contribution in [0.25, 0.3) is 10.2 Å². The van der Waals surface area contributed by atoms with Gasteiger partial charge in [0.1, 0.15) is 9.82 Å². The summed E-state index contributed by atoms with van der Waals surface area (Å²) in [5.74, 6) is 0. The second-order valence-corrected chi connectivity index (χ2v) is 10.7. The van der Waals surface area contributed by atoms with E-state index >= 15 is 0 Å². The first-order chi connectivity index (χ1) is 16.3. The van der Waals surface area contributed by atoms with Gasteiger partial charge in [0.2, 0.25) is 0 Å². The van der Waals surface area contributed by atoms with Crippen molar-refractivity contribution in [3.05, 3.63) is 98.0 Å². The van der Waals surface area contributed by atoms with E-state index in [-0.39, 0.29) is 0 Å². The normalized spacial score (nSPS) is 12.3. The molecule has 34 heavy (non-hydrogen) atoms. The van der Waals surface area contributed by atoms with Gasteiger partial charge in [0.25, 0.3) is 0 Å². The number of pyridine rings is 1. The van der Waals surface area contributed by atoms with Gasteiger partial charge in [-0.2, -0.15) is 0 Å². The van der Waals surface area contributed by atoms with Crippen LogP contribution in [0.1, 0.15) is 27.7 Å². The summed E-state index contributed by atoms with van der Waals surface area (Å²) in [6.45, 7) is 1.89. The summed E-state index contributed by atoms with van der Waals surface area (Å²) >= 11 is 19.2. The molecule has 4 rings (SSSR count). The number of thiophene rings is 1. The van der Waals surface area contributed by atoms with Crippen LogP contribution in [-0.2, 0) is 20.1 Å². The first kappa shape index (κ1) is 25.0. The van der Waals surface area contributed by atoms with Crippen LogP contribution >= 0.6 is 47.4 Å². The molecule has 8 heteroatoms. The molecule has 0 aliphatic carbocycles. The lowest BCUT2D eigenvalue weighted by Gasteiger charge is -2.20. The minimum Gasteiger partial charge on any atom is -0.387 e. The Labute approximate surface area is 219 Å². The van der Waals surface area contributed by atoms with E-state index in [9.17, 15) is 5.11 Å². The first-order valence-corrected chi connectivity index (χ1v) is 12.9. The second-order valence-electron chi connectivity index (χ2n) is 8.35. The highest BCUT2D eigenvalue weighted by Crippen LogP contribution is 2.29. The molecular weight excluding hydrogens is 502 g/mol. The number of hydrogen-bond donors (Lipinski definition) is 2. The number of nitrogens with zero attached hydrogens (tertiary/aromatic N) is 2. The number of hydrogen-bond acceptors (Lipinski definition) is 5. The van der Waals surface area contributed by atoms with E-state index in [0.29, 0.717) is 23.1 Å². The number of aliphatic hydroxyl groups excluding tert-OH is 1. The van der Waals surface area contributed by atoms with Gasteiger partial charge in [-0.1, -0.05) is 78.5 Å². The average Bonchev–Trinajstić information content (AvgIpc) is 3.26. The lowest BCUT2D eigenvalue weighted by atomic mass is 10.1. The second kappa shape index (κ2) is 11.1. The monoisotopic (exact) mass is 527 g/mol. The zero-order valence-corrected chi connectivity index (χ0v) is 22.2. The number of aromatic nitrogens is 1. The third-order valence-electron chi connectivity index (χ3n) is 5.60. The summed E-state index contributed by atoms with van der Waals surface area (Å²) in [5, 5.41) is 15.6. The number of thiocarbonyl (C=S) groups is 1. The van der Waals surface area contributed by atoms with Crippen molar-refractivity contribution in [2.24, 2.45) is 7.05 Å². The maximum atomic E-state index is 10.6. The number of nitrogens with one attached hydrogen (secondary N) is 1. The van der Waals surface area contributed by atoms with Crippen LogP contribution in [0.5, 0.6) is 0 Å². The van der Waals surface area contributed by atoms with E-state index < -0.39 is 6.10 Å². The van der Waals surface area contributed by atoms with Gasteiger partial charge in [0.05, 0.1) is 10.6 Å². The van der Waals surface area contributed by atoms with Gasteiger partial charge in [-0.25, -0.2) is 0 Å². The van der Waals surface area contributed by atoms with Crippen molar-refractivity contribution < 1.29 is 5.11 Å². The molecule has 0 radical (unpaired) electrons. The Kier molecular flexibility index (Phi) is 8.14. The molecule has 0 saturated carbocycles. The topological polar surface area (TPSA) is 40.4 Å². The lowest BCUT2D eigenvalue weighted by Crippen LogP contribution is -2.23. The van der Waals surface area contributed by atoms with Gasteiger partial charge in [-0.15, -0.1) is 11.3 Å². The molecule has 0 spiro atoms. The third-order valence-corrected chi connectivity index (χ3v) is 7.87. The predicted octanol–water partition coefficient (Wildman–Crippen LogP) is 6.25. The molecule has 4 nitrogen and oxygen atoms in total. The Morgan fingerprint density at radius 3 is 2.59 bits per heavy atom. The van der Waals surface area contributed by atoms with Crippen LogP contribution in [0.15, 0.2) is 66.9 Å². The summed E-state index contributed by atoms with van der Waals surface area (Å²) in [7, 11) is 4.04. The van der Waals surface area contributed by atoms with Gasteiger partial charge < -0.3 is 15.0 Å². The number of benzene rings is 2. The molecule has 0 aliphatic heterocycles. The van der Waals surface area contributed by atoms with Crippen LogP contribution in [-0.4, -0.2) is 33.2 Å². The van der Waals surface area contributed by atoms with Gasteiger partial charge in [0, 0.05) is 53.7 Å². The van der Waals surface area contributed by atoms with Crippen LogP contribution < -0.4 is 5.32 Å². The number of aliphatic hydroxyl groups is 1. The molecule has 2 aromatic carbocycles. The number of rotatable bonds is 8. The highest BCUT2D eigenvalue weighted by Gasteiger charge is 2.15. The lowest BCUT2D eigenvalue weighted by molar-refractivity contribution is 0.124. The average molecular weight is 528 g/mol. The van der Waals surface area contributed by atoms with Crippen molar-refractivity contribution in [1.29, 1.82) is 0 Å². The fourth-order valence-corrected chi connectivity index (χ4v) is 5.81. The minimum absolute atomic E-state index is 0.526. The molecule has 1 unspecified atom stereocenters. The number of aryl methyl sites for hydroxylation is 1. The molecule has 2 heterocycles. The largest absolute Gasteiger partial charge is 0.387 e. The quantitative estimate of drug-likeness (QED) is 0.265. The number of halogens is 1. The molecule has 2 aromatic heterocycles. The number of fused-ring (bicyclic) bond motifs is 1. The smallest absolute Gasteiger partial charge is 0.109 e. The molecule has 176 valence electrons. The van der Waals surface area contributed by atoms with Crippen molar-refractivity contribution in [1.82, 2.24) is 14.8 Å². The van der Waals surface area contributed by atoms with E-state index in [0.717, 1.165) is 38.0 Å². The number of likely N-dealkylation sites (N-methyl/N-ethyl adjacent to an activating group) is 1. The Morgan fingerprint density at radius 1 is 1.18 bits per heavy atom. The van der Waals surface area contributed by atoms with Gasteiger partial charge in [-0.05, 0) is 36.4 Å². The Balaban J connectivity index is 1.48. The molecule has 4 aromatic rings. The molecule has 0 bridgehead atoms. The third kappa shape index (κ3) is 5.92. The van der Waals surface area contributed by atoms with Crippen LogP contribution in [0, 0.1) is 4.51 Å².